The lowest BCUT2D eigenvalue weighted by Gasteiger charge is -2.36. The maximum Gasteiger partial charge on any atom is 0.122 e. The summed E-state index contributed by atoms with van der Waals surface area (Å²) in [6.07, 6.45) is 2.66. The van der Waals surface area contributed by atoms with Gasteiger partial charge in [-0.2, -0.15) is 0 Å². The first-order valence-corrected chi connectivity index (χ1v) is 9.96. The van der Waals surface area contributed by atoms with Crippen molar-refractivity contribution >= 4 is 0 Å². The van der Waals surface area contributed by atoms with Gasteiger partial charge in [0.15, 0.2) is 0 Å². The van der Waals surface area contributed by atoms with Crippen LogP contribution in [0.15, 0.2) is 48.5 Å². The summed E-state index contributed by atoms with van der Waals surface area (Å²) in [6.45, 7) is 5.59. The van der Waals surface area contributed by atoms with Crippen LogP contribution in [0, 0.1) is 5.92 Å². The monoisotopic (exact) mass is 366 g/mol. The molecule has 5 rings (SSSR count). The fraction of sp³-hybridized carbons (Fsp3) is 0.478. The number of hydrogen-bond acceptors (Lipinski definition) is 4. The Hall–Kier alpha value is -2.04. The number of benzene rings is 2. The highest BCUT2D eigenvalue weighted by Gasteiger charge is 2.34. The van der Waals surface area contributed by atoms with Crippen LogP contribution in [-0.2, 0) is 13.1 Å². The van der Waals surface area contributed by atoms with E-state index in [0.717, 1.165) is 37.1 Å². The van der Waals surface area contributed by atoms with E-state index in [2.05, 4.69) is 52.3 Å². The summed E-state index contributed by atoms with van der Waals surface area (Å²) >= 11 is 0. The molecule has 4 heteroatoms. The summed E-state index contributed by atoms with van der Waals surface area (Å²) in [6, 6.07) is 17.7. The van der Waals surface area contributed by atoms with E-state index in [1.54, 1.807) is 14.2 Å². The minimum atomic E-state index is 0.629. The number of rotatable bonds is 6. The van der Waals surface area contributed by atoms with E-state index >= 15 is 0 Å². The van der Waals surface area contributed by atoms with Gasteiger partial charge in [-0.05, 0) is 42.0 Å². The van der Waals surface area contributed by atoms with Gasteiger partial charge in [0.25, 0.3) is 0 Å². The van der Waals surface area contributed by atoms with Crippen molar-refractivity contribution in [3.05, 3.63) is 59.7 Å². The van der Waals surface area contributed by atoms with Crippen LogP contribution in [0.25, 0.3) is 0 Å². The van der Waals surface area contributed by atoms with Crippen molar-refractivity contribution in [2.75, 3.05) is 33.9 Å². The minimum Gasteiger partial charge on any atom is -0.497 e. The maximum atomic E-state index is 5.45. The minimum absolute atomic E-state index is 0.629. The Morgan fingerprint density at radius 3 is 2.26 bits per heavy atom. The van der Waals surface area contributed by atoms with Crippen molar-refractivity contribution in [3.8, 4) is 11.5 Å². The number of methoxy groups -OCH3 is 2. The highest BCUT2D eigenvalue weighted by molar-refractivity contribution is 5.38. The molecular weight excluding hydrogens is 336 g/mol. The number of hydrogen-bond donors (Lipinski definition) is 0. The number of piperidine rings is 1. The van der Waals surface area contributed by atoms with Crippen molar-refractivity contribution in [1.82, 2.24) is 9.80 Å². The van der Waals surface area contributed by atoms with Crippen molar-refractivity contribution < 1.29 is 9.47 Å². The average molecular weight is 367 g/mol. The van der Waals surface area contributed by atoms with Crippen LogP contribution < -0.4 is 9.47 Å². The molecule has 0 radical (unpaired) electrons. The fourth-order valence-electron chi connectivity index (χ4n) is 4.63. The number of ether oxygens (including phenoxy) is 2. The van der Waals surface area contributed by atoms with Gasteiger partial charge in [-0.25, -0.2) is 0 Å². The van der Waals surface area contributed by atoms with Gasteiger partial charge >= 0.3 is 0 Å². The van der Waals surface area contributed by atoms with Crippen LogP contribution in [0.4, 0.5) is 0 Å². The van der Waals surface area contributed by atoms with E-state index in [4.69, 9.17) is 9.47 Å². The summed E-state index contributed by atoms with van der Waals surface area (Å²) in [5.74, 6) is 2.50. The van der Waals surface area contributed by atoms with Crippen LogP contribution in [0.5, 0.6) is 11.5 Å². The first-order chi connectivity index (χ1) is 13.2. The average Bonchev–Trinajstić information content (AvgIpc) is 2.99. The molecule has 144 valence electrons. The van der Waals surface area contributed by atoms with Gasteiger partial charge < -0.3 is 9.47 Å². The van der Waals surface area contributed by atoms with Crippen LogP contribution >= 0.6 is 0 Å². The Morgan fingerprint density at radius 1 is 0.815 bits per heavy atom. The topological polar surface area (TPSA) is 24.9 Å². The van der Waals surface area contributed by atoms with Gasteiger partial charge in [-0.3, -0.25) is 9.80 Å². The predicted molar refractivity (Wildman–Crippen MR) is 108 cm³/mol. The first kappa shape index (κ1) is 18.3. The van der Waals surface area contributed by atoms with E-state index in [1.165, 1.54) is 37.1 Å². The smallest absolute Gasteiger partial charge is 0.122 e. The van der Waals surface area contributed by atoms with Gasteiger partial charge in [0, 0.05) is 44.8 Å². The number of nitrogens with zero attached hydrogens (tertiary/aromatic N) is 2. The third kappa shape index (κ3) is 4.45. The van der Waals surface area contributed by atoms with Crippen molar-refractivity contribution in [2.24, 2.45) is 5.92 Å². The lowest BCUT2D eigenvalue weighted by Crippen LogP contribution is -2.43. The standard InChI is InChI=1S/C23H30N2O2/c1-26-22-10-20(11-23(12-22)27-2)16-25-15-19-8-9-21(25)17-24(14-19)13-18-6-4-3-5-7-18/h3-7,10-12,19,21H,8-9,13-17H2,1-2H3/t19-,21+/m0/s1. The second-order valence-electron chi connectivity index (χ2n) is 7.93. The SMILES string of the molecule is COc1cc(CN2C[C@H]3CC[C@@H]2CN(Cc2ccccc2)C3)cc(OC)c1. The van der Waals surface area contributed by atoms with Crippen molar-refractivity contribution in [2.45, 2.75) is 32.0 Å². The summed E-state index contributed by atoms with van der Waals surface area (Å²) in [5, 5.41) is 0. The summed E-state index contributed by atoms with van der Waals surface area (Å²) in [5.41, 5.74) is 2.69. The second-order valence-corrected chi connectivity index (χ2v) is 7.93. The molecule has 3 saturated heterocycles. The molecule has 27 heavy (non-hydrogen) atoms. The highest BCUT2D eigenvalue weighted by atomic mass is 16.5. The third-order valence-corrected chi connectivity index (χ3v) is 5.95. The maximum absolute atomic E-state index is 5.45. The Kier molecular flexibility index (Phi) is 5.65. The predicted octanol–water partition coefficient (Wildman–Crippen LogP) is 3.80. The van der Waals surface area contributed by atoms with E-state index in [9.17, 15) is 0 Å². The Bertz CT molecular complexity index is 727. The second kappa shape index (κ2) is 8.32. The molecule has 0 unspecified atom stereocenters. The molecule has 0 amide bonds. The lowest BCUT2D eigenvalue weighted by molar-refractivity contribution is 0.123. The number of fused-ring (bicyclic) bond motifs is 4. The van der Waals surface area contributed by atoms with E-state index in [1.807, 2.05) is 6.07 Å². The zero-order valence-corrected chi connectivity index (χ0v) is 16.4. The van der Waals surface area contributed by atoms with Crippen LogP contribution in [0.3, 0.4) is 0 Å². The molecule has 2 aromatic rings. The van der Waals surface area contributed by atoms with E-state index < -0.39 is 0 Å². The first-order valence-electron chi connectivity index (χ1n) is 9.96. The molecule has 3 fully saturated rings. The van der Waals surface area contributed by atoms with Crippen molar-refractivity contribution in [1.29, 1.82) is 0 Å². The molecule has 0 saturated carbocycles. The molecule has 0 aliphatic carbocycles. The van der Waals surface area contributed by atoms with Crippen LogP contribution in [-0.4, -0.2) is 49.7 Å². The van der Waals surface area contributed by atoms with Gasteiger partial charge in [-0.15, -0.1) is 0 Å². The summed E-state index contributed by atoms with van der Waals surface area (Å²) < 4.78 is 10.9. The molecule has 0 aromatic heterocycles. The summed E-state index contributed by atoms with van der Waals surface area (Å²) in [4.78, 5) is 5.33. The van der Waals surface area contributed by atoms with Crippen molar-refractivity contribution in [3.63, 3.8) is 0 Å². The molecule has 4 nitrogen and oxygen atoms in total. The molecule has 3 aliphatic rings. The third-order valence-electron chi connectivity index (χ3n) is 5.95. The normalized spacial score (nSPS) is 23.2. The van der Waals surface area contributed by atoms with Gasteiger partial charge in [0.1, 0.15) is 11.5 Å². The Morgan fingerprint density at radius 2 is 1.56 bits per heavy atom. The molecule has 2 atom stereocenters. The van der Waals surface area contributed by atoms with Gasteiger partial charge in [0.05, 0.1) is 14.2 Å². The fourth-order valence-corrected chi connectivity index (χ4v) is 4.63. The zero-order chi connectivity index (χ0) is 18.6. The zero-order valence-electron chi connectivity index (χ0n) is 16.4. The van der Waals surface area contributed by atoms with E-state index in [-0.39, 0.29) is 0 Å². The molecule has 2 bridgehead atoms. The molecule has 0 spiro atoms. The highest BCUT2D eigenvalue weighted by Crippen LogP contribution is 2.31. The van der Waals surface area contributed by atoms with Gasteiger partial charge in [-0.1, -0.05) is 30.3 Å². The Labute approximate surface area is 162 Å². The van der Waals surface area contributed by atoms with Crippen LogP contribution in [0.2, 0.25) is 0 Å². The van der Waals surface area contributed by atoms with Crippen LogP contribution in [0.1, 0.15) is 24.0 Å². The molecule has 2 aromatic carbocycles. The molecule has 3 heterocycles. The largest absolute Gasteiger partial charge is 0.497 e. The molecule has 3 aliphatic heterocycles. The van der Waals surface area contributed by atoms with E-state index in [0.29, 0.717) is 6.04 Å². The molecule has 0 N–H and O–H groups in total. The Balaban J connectivity index is 1.46. The van der Waals surface area contributed by atoms with Gasteiger partial charge in [0.2, 0.25) is 0 Å². The summed E-state index contributed by atoms with van der Waals surface area (Å²) in [7, 11) is 3.43. The quantitative estimate of drug-likeness (QED) is 0.776. The molecular formula is C23H30N2O2. The lowest BCUT2D eigenvalue weighted by atomic mass is 9.94.